The molecule has 51 heavy (non-hydrogen) atoms. The Labute approximate surface area is 304 Å². The van der Waals surface area contributed by atoms with Gasteiger partial charge in [-0.2, -0.15) is 11.8 Å². The summed E-state index contributed by atoms with van der Waals surface area (Å²) >= 11 is 1.52. The van der Waals surface area contributed by atoms with Crippen LogP contribution in [-0.2, 0) is 41.6 Å². The zero-order valence-corrected chi connectivity index (χ0v) is 30.5. The van der Waals surface area contributed by atoms with Gasteiger partial charge in [0.05, 0.1) is 25.1 Å². The minimum Gasteiger partial charge on any atom is -0.508 e. The van der Waals surface area contributed by atoms with Crippen LogP contribution < -0.4 is 21.7 Å². The lowest BCUT2D eigenvalue weighted by Crippen LogP contribution is -2.67. The number of amides is 4. The highest BCUT2D eigenvalue weighted by Crippen LogP contribution is 2.62. The summed E-state index contributed by atoms with van der Waals surface area (Å²) in [6.45, 7) is -0.375. The van der Waals surface area contributed by atoms with Gasteiger partial charge in [-0.3, -0.25) is 24.0 Å². The average molecular weight is 722 g/mol. The van der Waals surface area contributed by atoms with Gasteiger partial charge in [-0.1, -0.05) is 42.5 Å². The van der Waals surface area contributed by atoms with Crippen LogP contribution in [0.25, 0.3) is 0 Å². The Bertz CT molecular complexity index is 1560. The van der Waals surface area contributed by atoms with Crippen molar-refractivity contribution in [1.82, 2.24) is 20.9 Å². The predicted molar refractivity (Wildman–Crippen MR) is 194 cm³/mol. The highest BCUT2D eigenvalue weighted by molar-refractivity contribution is 7.98. The highest BCUT2D eigenvalue weighted by Gasteiger charge is 2.62. The number of methoxy groups -OCH3 is 1. The Kier molecular flexibility index (Phi) is 12.3. The van der Waals surface area contributed by atoms with Crippen molar-refractivity contribution < 1.29 is 33.8 Å². The van der Waals surface area contributed by atoms with Gasteiger partial charge in [-0.25, -0.2) is 0 Å². The van der Waals surface area contributed by atoms with Gasteiger partial charge < -0.3 is 36.4 Å². The summed E-state index contributed by atoms with van der Waals surface area (Å²) in [5.74, 6) is -0.651. The third-order valence-corrected chi connectivity index (χ3v) is 11.5. The van der Waals surface area contributed by atoms with Crippen molar-refractivity contribution in [2.45, 2.75) is 81.5 Å². The van der Waals surface area contributed by atoms with Gasteiger partial charge >= 0.3 is 5.97 Å². The van der Waals surface area contributed by atoms with Gasteiger partial charge in [-0.05, 0) is 98.5 Å². The van der Waals surface area contributed by atoms with E-state index in [1.54, 1.807) is 19.2 Å². The zero-order valence-electron chi connectivity index (χ0n) is 29.7. The highest BCUT2D eigenvalue weighted by atomic mass is 32.2. The number of esters is 1. The van der Waals surface area contributed by atoms with Crippen LogP contribution >= 0.6 is 11.8 Å². The maximum absolute atomic E-state index is 14.2. The first-order valence-corrected chi connectivity index (χ1v) is 19.1. The summed E-state index contributed by atoms with van der Waals surface area (Å²) in [6, 6.07) is 13.1. The Balaban J connectivity index is 1.24. The van der Waals surface area contributed by atoms with Crippen LogP contribution in [0.3, 0.4) is 0 Å². The molecule has 0 aliphatic heterocycles. The van der Waals surface area contributed by atoms with E-state index in [0.717, 1.165) is 43.2 Å². The molecule has 6 rings (SSSR count). The Morgan fingerprint density at radius 1 is 0.941 bits per heavy atom. The molecule has 4 amide bonds. The summed E-state index contributed by atoms with van der Waals surface area (Å²) in [7, 11) is 2.99. The van der Waals surface area contributed by atoms with Crippen molar-refractivity contribution in [2.75, 3.05) is 32.7 Å². The molecule has 0 saturated heterocycles. The van der Waals surface area contributed by atoms with E-state index < -0.39 is 46.8 Å². The van der Waals surface area contributed by atoms with Crippen LogP contribution in [-0.4, -0.2) is 96.0 Å². The van der Waals surface area contributed by atoms with Crippen molar-refractivity contribution in [2.24, 2.45) is 23.0 Å². The normalized spacial score (nSPS) is 24.9. The molecule has 276 valence electrons. The fraction of sp³-hybridized carbons (Fsp3) is 0.553. The first-order valence-electron chi connectivity index (χ1n) is 17.7. The minimum absolute atomic E-state index is 0.106. The van der Waals surface area contributed by atoms with Crippen LogP contribution in [0.15, 0.2) is 54.6 Å². The number of hydrogen-bond donors (Lipinski definition) is 5. The van der Waals surface area contributed by atoms with E-state index in [-0.39, 0.29) is 37.0 Å². The first kappa shape index (κ1) is 38.1. The number of aromatic hydroxyl groups is 1. The van der Waals surface area contributed by atoms with E-state index in [1.165, 1.54) is 35.9 Å². The van der Waals surface area contributed by atoms with Crippen LogP contribution in [0, 0.1) is 17.3 Å². The summed E-state index contributed by atoms with van der Waals surface area (Å²) in [5.41, 5.74) is 6.65. The number of benzene rings is 2. The van der Waals surface area contributed by atoms with E-state index in [9.17, 15) is 29.1 Å². The largest absolute Gasteiger partial charge is 0.508 e. The summed E-state index contributed by atoms with van der Waals surface area (Å²) < 4.78 is 5.25. The number of nitrogens with one attached hydrogen (secondary N) is 3. The zero-order chi connectivity index (χ0) is 36.8. The number of carbonyl (C=O) groups excluding carboxylic acids is 5. The number of ether oxygens (including phenoxy) is 1. The summed E-state index contributed by atoms with van der Waals surface area (Å²) in [6.07, 6.45) is 7.41. The van der Waals surface area contributed by atoms with Crippen molar-refractivity contribution >= 4 is 41.4 Å². The molecular formula is C38H51N5O7S. The van der Waals surface area contributed by atoms with E-state index >= 15 is 0 Å². The number of phenolic OH excluding ortho intramolecular Hbond substituents is 1. The molecule has 2 unspecified atom stereocenters. The van der Waals surface area contributed by atoms with E-state index in [1.807, 2.05) is 36.6 Å². The minimum atomic E-state index is -0.930. The number of likely N-dealkylation sites (N-methyl/N-ethyl adjacent to an activating group) is 1. The Morgan fingerprint density at radius 3 is 2.22 bits per heavy atom. The van der Waals surface area contributed by atoms with Crippen molar-refractivity contribution in [3.8, 4) is 5.75 Å². The first-order chi connectivity index (χ1) is 24.4. The maximum atomic E-state index is 14.2. The Hall–Kier alpha value is -4.10. The fourth-order valence-corrected chi connectivity index (χ4v) is 9.27. The maximum Gasteiger partial charge on any atom is 0.311 e. The second-order valence-electron chi connectivity index (χ2n) is 14.8. The molecule has 2 aromatic rings. The number of carbonyl (C=O) groups is 5. The third kappa shape index (κ3) is 9.23. The van der Waals surface area contributed by atoms with Gasteiger partial charge in [0, 0.05) is 19.0 Å². The molecule has 5 atom stereocenters. The number of thioether (sulfide) groups is 1. The van der Waals surface area contributed by atoms with Crippen LogP contribution in [0.2, 0.25) is 0 Å². The monoisotopic (exact) mass is 721 g/mol. The number of nitrogens with zero attached hydrogens (tertiary/aromatic N) is 1. The van der Waals surface area contributed by atoms with Crippen LogP contribution in [0.4, 0.5) is 0 Å². The molecule has 2 aromatic carbocycles. The molecule has 4 aliphatic carbocycles. The topological polar surface area (TPSA) is 180 Å². The molecule has 0 heterocycles. The lowest BCUT2D eigenvalue weighted by molar-refractivity contribution is -0.173. The van der Waals surface area contributed by atoms with Gasteiger partial charge in [-0.15, -0.1) is 0 Å². The predicted octanol–water partition coefficient (Wildman–Crippen LogP) is 2.31. The van der Waals surface area contributed by atoms with Gasteiger partial charge in [0.1, 0.15) is 17.8 Å². The quantitative estimate of drug-likeness (QED) is 0.163. The number of nitrogens with two attached hydrogens (primary N) is 1. The lowest BCUT2D eigenvalue weighted by atomic mass is 9.47. The van der Waals surface area contributed by atoms with Crippen molar-refractivity contribution in [1.29, 1.82) is 0 Å². The summed E-state index contributed by atoms with van der Waals surface area (Å²) in [5, 5.41) is 18.3. The molecule has 4 bridgehead atoms. The smallest absolute Gasteiger partial charge is 0.311 e. The van der Waals surface area contributed by atoms with Gasteiger partial charge in [0.15, 0.2) is 0 Å². The number of phenols is 1. The summed E-state index contributed by atoms with van der Waals surface area (Å²) in [4.78, 5) is 68.6. The lowest BCUT2D eigenvalue weighted by Gasteiger charge is -2.61. The standard InChI is InChI=1S/C38H51N5O7S/c1-43(32(45)22-40-34(47)30(13-14-51-3)41-33(46)29(39)16-25-9-11-28(44)12-10-25)31(17-24-7-5-4-6-8-24)35(48)42-38-20-26-15-27(21-38)19-37(18-26,23-38)36(49)50-2/h4-12,26-27,29-31,44H,13-23,39H2,1-3H3,(H,40,47)(H,41,46)(H,42,48)/t26?,27?,29-,30+,31-,37?,38?/m0/s1. The van der Waals surface area contributed by atoms with Crippen molar-refractivity contribution in [3.05, 3.63) is 65.7 Å². The average Bonchev–Trinajstić information content (AvgIpc) is 3.10. The van der Waals surface area contributed by atoms with E-state index in [2.05, 4.69) is 16.0 Å². The molecule has 13 heteroatoms. The second-order valence-corrected chi connectivity index (χ2v) is 15.7. The SMILES string of the molecule is COC(=O)C12CC3CC(CC(NC(=O)[C@H](Cc4ccccc4)N(C)C(=O)CNC(=O)[C@@H](CCSC)NC(=O)[C@@H](N)Cc4ccc(O)cc4)(C3)C1)C2. The molecule has 12 nitrogen and oxygen atoms in total. The number of hydrogen-bond acceptors (Lipinski definition) is 9. The third-order valence-electron chi connectivity index (χ3n) is 10.9. The molecular weight excluding hydrogens is 671 g/mol. The van der Waals surface area contributed by atoms with Crippen molar-refractivity contribution in [3.63, 3.8) is 0 Å². The second kappa shape index (κ2) is 16.5. The van der Waals surface area contributed by atoms with E-state index in [0.29, 0.717) is 30.4 Å². The molecule has 4 fully saturated rings. The van der Waals surface area contributed by atoms with E-state index in [4.69, 9.17) is 10.5 Å². The van der Waals surface area contributed by atoms with Crippen LogP contribution in [0.5, 0.6) is 5.75 Å². The van der Waals surface area contributed by atoms with Gasteiger partial charge in [0.25, 0.3) is 0 Å². The molecule has 6 N–H and O–H groups in total. The van der Waals surface area contributed by atoms with Crippen LogP contribution in [0.1, 0.15) is 56.1 Å². The molecule has 0 spiro atoms. The molecule has 4 saturated carbocycles. The number of rotatable bonds is 16. The molecule has 0 aromatic heterocycles. The molecule has 0 radical (unpaired) electrons. The fourth-order valence-electron chi connectivity index (χ4n) is 8.80. The van der Waals surface area contributed by atoms with Gasteiger partial charge in [0.2, 0.25) is 23.6 Å². The molecule has 4 aliphatic rings. The Morgan fingerprint density at radius 2 is 1.59 bits per heavy atom.